The molecule has 0 saturated heterocycles. The highest BCUT2D eigenvalue weighted by molar-refractivity contribution is 7.89. The number of benzene rings is 2. The van der Waals surface area contributed by atoms with Crippen LogP contribution in [0.5, 0.6) is 5.75 Å². The van der Waals surface area contributed by atoms with Crippen molar-refractivity contribution < 1.29 is 31.8 Å². The lowest BCUT2D eigenvalue weighted by Crippen LogP contribution is -2.55. The van der Waals surface area contributed by atoms with E-state index < -0.39 is 40.2 Å². The fraction of sp³-hybridized carbons (Fsp3) is 0.440. The highest BCUT2D eigenvalue weighted by atomic mass is 32.2. The highest BCUT2D eigenvalue weighted by Gasteiger charge is 2.35. The monoisotopic (exact) mass is 525 g/mol. The van der Waals surface area contributed by atoms with Gasteiger partial charge in [0.15, 0.2) is 0 Å². The maximum Gasteiger partial charge on any atom is 0.241 e. The molecule has 0 aliphatic carbocycles. The van der Waals surface area contributed by atoms with Crippen molar-refractivity contribution in [2.75, 3.05) is 19.4 Å². The normalized spacial score (nSPS) is 17.3. The van der Waals surface area contributed by atoms with Gasteiger partial charge in [0.2, 0.25) is 16.4 Å². The summed E-state index contributed by atoms with van der Waals surface area (Å²) in [5.41, 5.74) is 1.25. The number of rotatable bonds is 13. The van der Waals surface area contributed by atoms with Crippen molar-refractivity contribution in [3.63, 3.8) is 0 Å². The summed E-state index contributed by atoms with van der Waals surface area (Å²) < 4.78 is 66.0. The molecule has 1 unspecified atom stereocenters. The average molecular weight is 526 g/mol. The fourth-order valence-electron chi connectivity index (χ4n) is 4.04. The van der Waals surface area contributed by atoms with Crippen molar-refractivity contribution in [1.82, 2.24) is 14.9 Å². The van der Waals surface area contributed by atoms with Crippen LogP contribution in [0.15, 0.2) is 54.9 Å². The summed E-state index contributed by atoms with van der Waals surface area (Å²) in [6.45, 7) is 4.12. The molecule has 1 aliphatic heterocycles. The van der Waals surface area contributed by atoms with Crippen LogP contribution in [0.2, 0.25) is 0 Å². The molecule has 0 fully saturated rings. The van der Waals surface area contributed by atoms with E-state index in [0.29, 0.717) is 17.9 Å². The standard InChI is InChI=1S/C25H33F2N3O5S/c1-17(2)16-36(32,33)29-25-30(7-8-35-25)23(12-19-9-20(26)13-21(27)10-19)24(31)15-28-14-18-5-4-6-22(11-18)34-3/h4-11,13,17,23-25,28-29,31H,12,14-16H2,1-3H3/t23-,24+,25?/m0/s1. The van der Waals surface area contributed by atoms with E-state index in [-0.39, 0.29) is 24.6 Å². The van der Waals surface area contributed by atoms with Crippen LogP contribution in [0.25, 0.3) is 0 Å². The van der Waals surface area contributed by atoms with E-state index in [1.807, 2.05) is 24.3 Å². The third-order valence-corrected chi connectivity index (χ3v) is 7.22. The zero-order valence-electron chi connectivity index (χ0n) is 20.5. The van der Waals surface area contributed by atoms with Gasteiger partial charge in [0.05, 0.1) is 25.0 Å². The Bertz CT molecular complexity index is 1130. The SMILES string of the molecule is COc1cccc(CNC[C@@H](O)[C@H](Cc2cc(F)cc(F)c2)N2C=COC2NS(=O)(=O)CC(C)C)c1. The first kappa shape index (κ1) is 27.9. The molecule has 198 valence electrons. The van der Waals surface area contributed by atoms with E-state index in [1.165, 1.54) is 29.5 Å². The summed E-state index contributed by atoms with van der Waals surface area (Å²) in [4.78, 5) is 1.51. The second kappa shape index (κ2) is 12.5. The summed E-state index contributed by atoms with van der Waals surface area (Å²) in [6.07, 6.45) is 0.703. The average Bonchev–Trinajstić information content (AvgIpc) is 3.22. The number of aliphatic hydroxyl groups excluding tert-OH is 1. The molecular formula is C25H33F2N3O5S. The molecule has 2 aromatic rings. The molecule has 36 heavy (non-hydrogen) atoms. The summed E-state index contributed by atoms with van der Waals surface area (Å²) in [5.74, 6) is -0.987. The Morgan fingerprint density at radius 2 is 1.86 bits per heavy atom. The van der Waals surface area contributed by atoms with Crippen molar-refractivity contribution in [1.29, 1.82) is 0 Å². The van der Waals surface area contributed by atoms with Gasteiger partial charge in [-0.25, -0.2) is 17.2 Å². The zero-order valence-corrected chi connectivity index (χ0v) is 21.3. The van der Waals surface area contributed by atoms with Gasteiger partial charge in [0.1, 0.15) is 23.6 Å². The van der Waals surface area contributed by atoms with Crippen LogP contribution in [0.4, 0.5) is 8.78 Å². The van der Waals surface area contributed by atoms with Crippen molar-refractivity contribution in [3.8, 4) is 5.75 Å². The largest absolute Gasteiger partial charge is 0.497 e. The zero-order chi connectivity index (χ0) is 26.3. The minimum atomic E-state index is -3.69. The molecule has 3 rings (SSSR count). The number of ether oxygens (including phenoxy) is 2. The second-order valence-corrected chi connectivity index (χ2v) is 10.9. The van der Waals surface area contributed by atoms with Gasteiger partial charge in [-0.15, -0.1) is 0 Å². The number of hydrogen-bond donors (Lipinski definition) is 3. The first-order valence-corrected chi connectivity index (χ1v) is 13.3. The summed E-state index contributed by atoms with van der Waals surface area (Å²) >= 11 is 0. The molecule has 2 aromatic carbocycles. The Hall–Kier alpha value is -2.73. The van der Waals surface area contributed by atoms with Gasteiger partial charge in [-0.1, -0.05) is 26.0 Å². The predicted octanol–water partition coefficient (Wildman–Crippen LogP) is 2.70. The van der Waals surface area contributed by atoms with E-state index >= 15 is 0 Å². The van der Waals surface area contributed by atoms with Crippen molar-refractivity contribution in [2.24, 2.45) is 5.92 Å². The number of nitrogens with one attached hydrogen (secondary N) is 2. The highest BCUT2D eigenvalue weighted by Crippen LogP contribution is 2.22. The molecule has 11 heteroatoms. The fourth-order valence-corrected chi connectivity index (χ4v) is 5.49. The topological polar surface area (TPSA) is 100 Å². The molecule has 0 bridgehead atoms. The molecule has 0 spiro atoms. The van der Waals surface area contributed by atoms with Gasteiger partial charge in [0.25, 0.3) is 0 Å². The summed E-state index contributed by atoms with van der Waals surface area (Å²) in [6, 6.07) is 9.83. The maximum atomic E-state index is 13.9. The molecule has 1 aliphatic rings. The molecule has 0 amide bonds. The van der Waals surface area contributed by atoms with E-state index in [1.54, 1.807) is 21.0 Å². The van der Waals surface area contributed by atoms with Crippen LogP contribution in [-0.2, 0) is 27.7 Å². The van der Waals surface area contributed by atoms with Gasteiger partial charge in [-0.3, -0.25) is 0 Å². The Labute approximate surface area is 211 Å². The third-order valence-electron chi connectivity index (χ3n) is 5.56. The van der Waals surface area contributed by atoms with Crippen LogP contribution in [0.3, 0.4) is 0 Å². The number of aliphatic hydroxyl groups is 1. The van der Waals surface area contributed by atoms with Crippen molar-refractivity contribution >= 4 is 10.0 Å². The molecule has 0 aromatic heterocycles. The second-order valence-electron chi connectivity index (χ2n) is 9.11. The van der Waals surface area contributed by atoms with Crippen LogP contribution < -0.4 is 14.8 Å². The van der Waals surface area contributed by atoms with Gasteiger partial charge in [-0.05, 0) is 47.7 Å². The van der Waals surface area contributed by atoms with Gasteiger partial charge in [-0.2, -0.15) is 4.72 Å². The number of halogens is 2. The molecule has 3 N–H and O–H groups in total. The van der Waals surface area contributed by atoms with E-state index in [9.17, 15) is 22.3 Å². The minimum Gasteiger partial charge on any atom is -0.497 e. The maximum absolute atomic E-state index is 13.9. The van der Waals surface area contributed by atoms with Crippen LogP contribution in [-0.4, -0.2) is 56.3 Å². The Morgan fingerprint density at radius 3 is 2.53 bits per heavy atom. The Morgan fingerprint density at radius 1 is 1.14 bits per heavy atom. The van der Waals surface area contributed by atoms with Gasteiger partial charge < -0.3 is 24.8 Å². The first-order chi connectivity index (χ1) is 17.1. The molecule has 8 nitrogen and oxygen atoms in total. The Balaban J connectivity index is 1.77. The third kappa shape index (κ3) is 8.16. The lowest BCUT2D eigenvalue weighted by molar-refractivity contribution is -0.0190. The smallest absolute Gasteiger partial charge is 0.241 e. The first-order valence-electron chi connectivity index (χ1n) is 11.6. The lowest BCUT2D eigenvalue weighted by atomic mass is 9.99. The van der Waals surface area contributed by atoms with Crippen molar-refractivity contribution in [3.05, 3.63) is 77.7 Å². The predicted molar refractivity (Wildman–Crippen MR) is 132 cm³/mol. The van der Waals surface area contributed by atoms with Gasteiger partial charge in [0, 0.05) is 25.4 Å². The molecule has 3 atom stereocenters. The molecule has 1 heterocycles. The lowest BCUT2D eigenvalue weighted by Gasteiger charge is -2.35. The number of methoxy groups -OCH3 is 1. The number of sulfonamides is 1. The van der Waals surface area contributed by atoms with Crippen LogP contribution in [0.1, 0.15) is 25.0 Å². The summed E-state index contributed by atoms with van der Waals surface area (Å²) in [7, 11) is -2.11. The minimum absolute atomic E-state index is 0.0345. The number of nitrogens with zero attached hydrogens (tertiary/aromatic N) is 1. The van der Waals surface area contributed by atoms with E-state index in [0.717, 1.165) is 11.6 Å². The Kier molecular flexibility index (Phi) is 9.66. The molecule has 0 radical (unpaired) electrons. The number of hydrogen-bond acceptors (Lipinski definition) is 7. The van der Waals surface area contributed by atoms with E-state index in [2.05, 4.69) is 10.0 Å². The molecular weight excluding hydrogens is 492 g/mol. The van der Waals surface area contributed by atoms with Crippen LogP contribution in [0, 0.1) is 17.6 Å². The van der Waals surface area contributed by atoms with E-state index in [4.69, 9.17) is 9.47 Å². The van der Waals surface area contributed by atoms with Crippen LogP contribution >= 0.6 is 0 Å². The molecule has 0 saturated carbocycles. The summed E-state index contributed by atoms with van der Waals surface area (Å²) in [5, 5.41) is 14.3. The quantitative estimate of drug-likeness (QED) is 0.370. The van der Waals surface area contributed by atoms with Gasteiger partial charge >= 0.3 is 0 Å². The van der Waals surface area contributed by atoms with Crippen molar-refractivity contribution in [2.45, 2.75) is 45.3 Å².